The lowest BCUT2D eigenvalue weighted by atomic mass is 10.1. The Labute approximate surface area is 191 Å². The number of hydrogen-bond acceptors (Lipinski definition) is 3. The lowest BCUT2D eigenvalue weighted by molar-refractivity contribution is 0.0827. The highest BCUT2D eigenvalue weighted by atomic mass is 127. The number of halogens is 1. The summed E-state index contributed by atoms with van der Waals surface area (Å²) in [4.78, 5) is 17.9. The number of amides is 1. The number of nitrogens with zero attached hydrogens (tertiary/aromatic N) is 4. The molecule has 1 unspecified atom stereocenters. The summed E-state index contributed by atoms with van der Waals surface area (Å²) in [5, 5.41) is 11.3. The van der Waals surface area contributed by atoms with Crippen LogP contribution in [0.3, 0.4) is 0 Å². The van der Waals surface area contributed by atoms with Crippen molar-refractivity contribution in [3.05, 3.63) is 52.3 Å². The Morgan fingerprint density at radius 1 is 1.24 bits per heavy atom. The van der Waals surface area contributed by atoms with E-state index in [2.05, 4.69) is 34.6 Å². The highest BCUT2D eigenvalue weighted by Crippen LogP contribution is 2.14. The molecule has 1 aromatic heterocycles. The van der Waals surface area contributed by atoms with Crippen molar-refractivity contribution in [3.8, 4) is 0 Å². The van der Waals surface area contributed by atoms with Gasteiger partial charge in [-0.1, -0.05) is 12.1 Å². The van der Waals surface area contributed by atoms with Gasteiger partial charge >= 0.3 is 0 Å². The van der Waals surface area contributed by atoms with Gasteiger partial charge in [-0.15, -0.1) is 24.0 Å². The van der Waals surface area contributed by atoms with E-state index in [1.54, 1.807) is 26.0 Å². The van der Waals surface area contributed by atoms with Crippen LogP contribution in [-0.4, -0.2) is 53.7 Å². The maximum Gasteiger partial charge on any atom is 0.253 e. The number of aryl methyl sites for hydroxylation is 2. The Bertz CT molecular complexity index is 842. The molecule has 1 atom stereocenters. The normalized spacial score (nSPS) is 12.2. The van der Waals surface area contributed by atoms with Crippen molar-refractivity contribution in [2.75, 3.05) is 21.1 Å². The molecule has 2 rings (SSSR count). The highest BCUT2D eigenvalue weighted by Gasteiger charge is 2.14. The van der Waals surface area contributed by atoms with E-state index in [9.17, 15) is 4.79 Å². The van der Waals surface area contributed by atoms with E-state index in [4.69, 9.17) is 0 Å². The number of nitrogens with one attached hydrogen (secondary N) is 2. The standard InChI is InChI=1S/C21H32N6O.HI/c1-14(12-19-15(2)25-27(7)16(19)3)24-21(22-4)23-13-17-8-10-18(11-9-17)20(28)26(5)6;/h8-11,14H,12-13H2,1-7H3,(H2,22,23,24);1H. The molecular weight excluding hydrogens is 479 g/mol. The second-order valence-electron chi connectivity index (χ2n) is 7.34. The molecule has 2 N–H and O–H groups in total. The van der Waals surface area contributed by atoms with E-state index in [0.717, 1.165) is 23.6 Å². The summed E-state index contributed by atoms with van der Waals surface area (Å²) in [6, 6.07) is 7.84. The molecular formula is C21H33IN6O. The van der Waals surface area contributed by atoms with Crippen molar-refractivity contribution in [2.24, 2.45) is 12.0 Å². The number of guanidine groups is 1. The molecule has 0 aliphatic carbocycles. The molecule has 1 aromatic carbocycles. The summed E-state index contributed by atoms with van der Waals surface area (Å²) in [7, 11) is 7.25. The second kappa shape index (κ2) is 11.2. The van der Waals surface area contributed by atoms with Crippen molar-refractivity contribution in [1.82, 2.24) is 25.3 Å². The first kappa shape index (κ1) is 24.9. The molecule has 160 valence electrons. The Kier molecular flexibility index (Phi) is 9.61. The first-order valence-corrected chi connectivity index (χ1v) is 9.49. The molecule has 0 spiro atoms. The second-order valence-corrected chi connectivity index (χ2v) is 7.34. The molecule has 0 bridgehead atoms. The molecule has 0 saturated heterocycles. The molecule has 29 heavy (non-hydrogen) atoms. The van der Waals surface area contributed by atoms with Crippen LogP contribution in [-0.2, 0) is 20.0 Å². The van der Waals surface area contributed by atoms with Gasteiger partial charge in [-0.25, -0.2) is 0 Å². The minimum Gasteiger partial charge on any atom is -0.354 e. The Morgan fingerprint density at radius 3 is 2.34 bits per heavy atom. The van der Waals surface area contributed by atoms with E-state index in [-0.39, 0.29) is 35.9 Å². The van der Waals surface area contributed by atoms with Crippen molar-refractivity contribution < 1.29 is 4.79 Å². The first-order chi connectivity index (χ1) is 13.2. The topological polar surface area (TPSA) is 74.6 Å². The van der Waals surface area contributed by atoms with E-state index in [1.165, 1.54) is 11.3 Å². The van der Waals surface area contributed by atoms with Crippen LogP contribution in [0.4, 0.5) is 0 Å². The maximum absolute atomic E-state index is 12.0. The quantitative estimate of drug-likeness (QED) is 0.355. The zero-order chi connectivity index (χ0) is 20.8. The summed E-state index contributed by atoms with van der Waals surface area (Å²) in [5.41, 5.74) is 5.32. The largest absolute Gasteiger partial charge is 0.354 e. The minimum atomic E-state index is 0. The van der Waals surface area contributed by atoms with Crippen molar-refractivity contribution in [1.29, 1.82) is 0 Å². The third-order valence-corrected chi connectivity index (χ3v) is 4.84. The molecule has 0 aliphatic heterocycles. The van der Waals surface area contributed by atoms with E-state index in [0.29, 0.717) is 12.1 Å². The Morgan fingerprint density at radius 2 is 1.86 bits per heavy atom. The average molecular weight is 512 g/mol. The first-order valence-electron chi connectivity index (χ1n) is 9.49. The van der Waals surface area contributed by atoms with Crippen molar-refractivity contribution in [3.63, 3.8) is 0 Å². The van der Waals surface area contributed by atoms with Gasteiger partial charge in [0.1, 0.15) is 0 Å². The summed E-state index contributed by atoms with van der Waals surface area (Å²) in [6.07, 6.45) is 0.882. The average Bonchev–Trinajstić information content (AvgIpc) is 2.90. The van der Waals surface area contributed by atoms with Crippen LogP contribution in [0.25, 0.3) is 0 Å². The van der Waals surface area contributed by atoms with E-state index >= 15 is 0 Å². The van der Waals surface area contributed by atoms with Gasteiger partial charge < -0.3 is 15.5 Å². The summed E-state index contributed by atoms with van der Waals surface area (Å²) in [5.74, 6) is 0.756. The molecule has 7 nitrogen and oxygen atoms in total. The number of aliphatic imine (C=N–C) groups is 1. The summed E-state index contributed by atoms with van der Waals surface area (Å²) >= 11 is 0. The van der Waals surface area contributed by atoms with Crippen LogP contribution in [0.15, 0.2) is 29.3 Å². The van der Waals surface area contributed by atoms with Crippen LogP contribution in [0.5, 0.6) is 0 Å². The summed E-state index contributed by atoms with van der Waals surface area (Å²) < 4.78 is 1.93. The smallest absolute Gasteiger partial charge is 0.253 e. The Hall–Kier alpha value is -2.10. The lowest BCUT2D eigenvalue weighted by Crippen LogP contribution is -2.42. The molecule has 0 aliphatic rings. The number of rotatable bonds is 6. The van der Waals surface area contributed by atoms with Crippen molar-refractivity contribution >= 4 is 35.8 Å². The van der Waals surface area contributed by atoms with Gasteiger partial charge in [-0.2, -0.15) is 5.10 Å². The van der Waals surface area contributed by atoms with Crippen LogP contribution < -0.4 is 10.6 Å². The SMILES string of the molecule is CN=C(NCc1ccc(C(=O)N(C)C)cc1)NC(C)Cc1c(C)nn(C)c1C.I. The summed E-state index contributed by atoms with van der Waals surface area (Å²) in [6.45, 7) is 6.92. The fourth-order valence-electron chi connectivity index (χ4n) is 3.11. The molecule has 1 amide bonds. The number of hydrogen-bond donors (Lipinski definition) is 2. The molecule has 2 aromatic rings. The maximum atomic E-state index is 12.0. The third-order valence-electron chi connectivity index (χ3n) is 4.84. The Balaban J connectivity index is 0.00000420. The molecule has 8 heteroatoms. The fourth-order valence-corrected chi connectivity index (χ4v) is 3.11. The molecule has 0 radical (unpaired) electrons. The van der Waals surface area contributed by atoms with Crippen molar-refractivity contribution in [2.45, 2.75) is 39.8 Å². The van der Waals surface area contributed by atoms with Gasteiger partial charge in [-0.05, 0) is 50.5 Å². The fraction of sp³-hybridized carbons (Fsp3) is 0.476. The monoisotopic (exact) mass is 512 g/mol. The minimum absolute atomic E-state index is 0. The van der Waals surface area contributed by atoms with E-state index < -0.39 is 0 Å². The van der Waals surface area contributed by atoms with Gasteiger partial charge in [0, 0.05) is 52.0 Å². The molecule has 0 saturated carbocycles. The number of carbonyl (C=O) groups is 1. The highest BCUT2D eigenvalue weighted by molar-refractivity contribution is 14.0. The number of carbonyl (C=O) groups excluding carboxylic acids is 1. The number of benzene rings is 1. The van der Waals surface area contributed by atoms with E-state index in [1.807, 2.05) is 42.9 Å². The zero-order valence-corrected chi connectivity index (χ0v) is 20.7. The lowest BCUT2D eigenvalue weighted by Gasteiger charge is -2.18. The van der Waals surface area contributed by atoms with Crippen LogP contribution >= 0.6 is 24.0 Å². The van der Waals surface area contributed by atoms with Crippen LogP contribution in [0, 0.1) is 13.8 Å². The predicted octanol–water partition coefficient (Wildman–Crippen LogP) is 2.65. The van der Waals surface area contributed by atoms with Gasteiger partial charge in [0.05, 0.1) is 5.69 Å². The van der Waals surface area contributed by atoms with Crippen LogP contribution in [0.1, 0.15) is 39.8 Å². The zero-order valence-electron chi connectivity index (χ0n) is 18.4. The van der Waals surface area contributed by atoms with Crippen LogP contribution in [0.2, 0.25) is 0 Å². The third kappa shape index (κ3) is 6.73. The van der Waals surface area contributed by atoms with Gasteiger partial charge in [0.25, 0.3) is 5.91 Å². The van der Waals surface area contributed by atoms with Gasteiger partial charge in [-0.3, -0.25) is 14.5 Å². The van der Waals surface area contributed by atoms with Gasteiger partial charge in [0.2, 0.25) is 0 Å². The molecule has 1 heterocycles. The molecule has 0 fully saturated rings. The number of aromatic nitrogens is 2. The predicted molar refractivity (Wildman–Crippen MR) is 129 cm³/mol. The van der Waals surface area contributed by atoms with Gasteiger partial charge in [0.15, 0.2) is 5.96 Å².